The van der Waals surface area contributed by atoms with Crippen LogP contribution in [0, 0.1) is 5.92 Å². The Morgan fingerprint density at radius 2 is 2.16 bits per heavy atom. The number of aromatic nitrogens is 1. The zero-order chi connectivity index (χ0) is 13.2. The molecule has 2 fully saturated rings. The van der Waals surface area contributed by atoms with E-state index in [0.717, 1.165) is 12.0 Å². The molecule has 0 amide bonds. The largest absolute Gasteiger partial charge is 0.326 e. The molecule has 1 saturated heterocycles. The van der Waals surface area contributed by atoms with Crippen LogP contribution in [0.1, 0.15) is 50.6 Å². The lowest BCUT2D eigenvalue weighted by molar-refractivity contribution is 0.0569. The van der Waals surface area contributed by atoms with Crippen LogP contribution in [0.2, 0.25) is 0 Å². The molecule has 1 aliphatic heterocycles. The van der Waals surface area contributed by atoms with Gasteiger partial charge in [0.15, 0.2) is 0 Å². The minimum atomic E-state index is 0.156. The van der Waals surface area contributed by atoms with Gasteiger partial charge in [-0.2, -0.15) is 0 Å². The second kappa shape index (κ2) is 5.59. The van der Waals surface area contributed by atoms with Gasteiger partial charge in [0, 0.05) is 24.5 Å². The Balaban J connectivity index is 1.87. The van der Waals surface area contributed by atoms with Crippen LogP contribution < -0.4 is 5.73 Å². The summed E-state index contributed by atoms with van der Waals surface area (Å²) in [4.78, 5) is 6.97. The first-order valence-electron chi connectivity index (χ1n) is 7.68. The molecule has 1 aromatic rings. The van der Waals surface area contributed by atoms with Gasteiger partial charge in [-0.25, -0.2) is 0 Å². The van der Waals surface area contributed by atoms with Crippen LogP contribution in [0.5, 0.6) is 0 Å². The molecule has 2 heterocycles. The van der Waals surface area contributed by atoms with E-state index in [0.29, 0.717) is 6.04 Å². The Kier molecular flexibility index (Phi) is 3.85. The van der Waals surface area contributed by atoms with E-state index in [9.17, 15) is 0 Å². The molecule has 1 aromatic heterocycles. The van der Waals surface area contributed by atoms with E-state index in [1.54, 1.807) is 0 Å². The summed E-state index contributed by atoms with van der Waals surface area (Å²) >= 11 is 0. The van der Waals surface area contributed by atoms with Crippen molar-refractivity contribution in [3.05, 3.63) is 30.1 Å². The summed E-state index contributed by atoms with van der Waals surface area (Å²) in [7, 11) is 0. The third kappa shape index (κ3) is 2.54. The lowest BCUT2D eigenvalue weighted by Crippen LogP contribution is -2.49. The lowest BCUT2D eigenvalue weighted by atomic mass is 9.88. The number of fused-ring (bicyclic) bond motifs is 1. The van der Waals surface area contributed by atoms with Crippen LogP contribution in [-0.4, -0.2) is 28.5 Å². The molecule has 1 aliphatic carbocycles. The van der Waals surface area contributed by atoms with Crippen molar-refractivity contribution in [3.63, 3.8) is 0 Å². The molecule has 104 valence electrons. The molecule has 1 saturated carbocycles. The highest BCUT2D eigenvalue weighted by atomic mass is 15.2. The highest BCUT2D eigenvalue weighted by molar-refractivity contribution is 5.17. The standard InChI is InChI=1S/C16H25N3/c1-12(17)16(14-6-3-9-18-11-14)19-10-4-7-13-5-2-8-15(13)19/h3,6,9,11-13,15-16H,2,4-5,7-8,10,17H2,1H3. The van der Waals surface area contributed by atoms with Crippen LogP contribution in [0.25, 0.3) is 0 Å². The van der Waals surface area contributed by atoms with E-state index in [1.807, 2.05) is 18.5 Å². The zero-order valence-electron chi connectivity index (χ0n) is 11.8. The van der Waals surface area contributed by atoms with Crippen molar-refractivity contribution in [3.8, 4) is 0 Å². The number of likely N-dealkylation sites (tertiary alicyclic amines) is 1. The van der Waals surface area contributed by atoms with Gasteiger partial charge in [0.25, 0.3) is 0 Å². The summed E-state index contributed by atoms with van der Waals surface area (Å²) in [6.07, 6.45) is 10.7. The van der Waals surface area contributed by atoms with Crippen molar-refractivity contribution in [1.29, 1.82) is 0 Å². The van der Waals surface area contributed by atoms with Crippen LogP contribution in [-0.2, 0) is 0 Å². The first-order valence-corrected chi connectivity index (χ1v) is 7.68. The molecule has 2 aliphatic rings. The quantitative estimate of drug-likeness (QED) is 0.907. The number of piperidine rings is 1. The molecule has 0 aromatic carbocycles. The fourth-order valence-electron chi connectivity index (χ4n) is 4.19. The molecule has 0 radical (unpaired) electrons. The van der Waals surface area contributed by atoms with Crippen molar-refractivity contribution in [1.82, 2.24) is 9.88 Å². The monoisotopic (exact) mass is 259 g/mol. The average Bonchev–Trinajstić information content (AvgIpc) is 2.89. The average molecular weight is 259 g/mol. The lowest BCUT2D eigenvalue weighted by Gasteiger charge is -2.44. The van der Waals surface area contributed by atoms with Crippen molar-refractivity contribution < 1.29 is 0 Å². The maximum absolute atomic E-state index is 6.31. The number of pyridine rings is 1. The zero-order valence-corrected chi connectivity index (χ0v) is 11.8. The van der Waals surface area contributed by atoms with Gasteiger partial charge in [-0.1, -0.05) is 12.5 Å². The normalized spacial score (nSPS) is 30.8. The van der Waals surface area contributed by atoms with Crippen molar-refractivity contribution in [2.75, 3.05) is 6.54 Å². The van der Waals surface area contributed by atoms with Gasteiger partial charge in [-0.3, -0.25) is 9.88 Å². The van der Waals surface area contributed by atoms with Crippen molar-refractivity contribution in [2.45, 2.75) is 57.2 Å². The maximum atomic E-state index is 6.31. The molecule has 19 heavy (non-hydrogen) atoms. The first kappa shape index (κ1) is 13.1. The Morgan fingerprint density at radius 1 is 1.32 bits per heavy atom. The van der Waals surface area contributed by atoms with Crippen LogP contribution in [0.15, 0.2) is 24.5 Å². The predicted molar refractivity (Wildman–Crippen MR) is 77.7 cm³/mol. The fourth-order valence-corrected chi connectivity index (χ4v) is 4.19. The van der Waals surface area contributed by atoms with Gasteiger partial charge in [-0.05, 0) is 56.7 Å². The van der Waals surface area contributed by atoms with E-state index in [4.69, 9.17) is 5.73 Å². The number of hydrogen-bond acceptors (Lipinski definition) is 3. The highest BCUT2D eigenvalue weighted by Gasteiger charge is 2.39. The van der Waals surface area contributed by atoms with Crippen LogP contribution >= 0.6 is 0 Å². The number of rotatable bonds is 3. The smallest absolute Gasteiger partial charge is 0.0514 e. The molecular formula is C16H25N3. The molecule has 4 unspecified atom stereocenters. The minimum absolute atomic E-state index is 0.156. The van der Waals surface area contributed by atoms with Crippen LogP contribution in [0.4, 0.5) is 0 Å². The maximum Gasteiger partial charge on any atom is 0.0514 e. The summed E-state index contributed by atoms with van der Waals surface area (Å²) in [5.41, 5.74) is 7.60. The minimum Gasteiger partial charge on any atom is -0.326 e. The van der Waals surface area contributed by atoms with Crippen molar-refractivity contribution in [2.24, 2.45) is 11.7 Å². The molecule has 0 spiro atoms. The number of hydrogen-bond donors (Lipinski definition) is 1. The third-order valence-corrected chi connectivity index (χ3v) is 4.92. The topological polar surface area (TPSA) is 42.1 Å². The summed E-state index contributed by atoms with van der Waals surface area (Å²) < 4.78 is 0. The Morgan fingerprint density at radius 3 is 2.89 bits per heavy atom. The fraction of sp³-hybridized carbons (Fsp3) is 0.688. The summed E-state index contributed by atoms with van der Waals surface area (Å²) in [6.45, 7) is 3.33. The molecule has 2 N–H and O–H groups in total. The molecule has 0 bridgehead atoms. The summed E-state index contributed by atoms with van der Waals surface area (Å²) in [6, 6.07) is 5.45. The Bertz CT molecular complexity index is 404. The van der Waals surface area contributed by atoms with E-state index in [1.165, 1.54) is 44.2 Å². The Labute approximate surface area is 116 Å². The molecule has 3 rings (SSSR count). The van der Waals surface area contributed by atoms with E-state index in [2.05, 4.69) is 22.9 Å². The van der Waals surface area contributed by atoms with Gasteiger partial charge >= 0.3 is 0 Å². The summed E-state index contributed by atoms with van der Waals surface area (Å²) in [5, 5.41) is 0. The predicted octanol–water partition coefficient (Wildman–Crippen LogP) is 2.73. The second-order valence-electron chi connectivity index (χ2n) is 6.23. The van der Waals surface area contributed by atoms with Gasteiger partial charge < -0.3 is 5.73 Å². The number of nitrogens with zero attached hydrogens (tertiary/aromatic N) is 2. The van der Waals surface area contributed by atoms with E-state index >= 15 is 0 Å². The van der Waals surface area contributed by atoms with E-state index < -0.39 is 0 Å². The summed E-state index contributed by atoms with van der Waals surface area (Å²) in [5.74, 6) is 0.909. The molecular weight excluding hydrogens is 234 g/mol. The van der Waals surface area contributed by atoms with Gasteiger partial charge in [0.05, 0.1) is 6.04 Å². The molecule has 3 heteroatoms. The van der Waals surface area contributed by atoms with Crippen LogP contribution in [0.3, 0.4) is 0 Å². The first-order chi connectivity index (χ1) is 9.27. The molecule has 4 atom stereocenters. The third-order valence-electron chi connectivity index (χ3n) is 4.92. The van der Waals surface area contributed by atoms with Crippen molar-refractivity contribution >= 4 is 0 Å². The van der Waals surface area contributed by atoms with Gasteiger partial charge in [-0.15, -0.1) is 0 Å². The second-order valence-corrected chi connectivity index (χ2v) is 6.23. The van der Waals surface area contributed by atoms with Gasteiger partial charge in [0.2, 0.25) is 0 Å². The SMILES string of the molecule is CC(N)C(c1cccnc1)N1CCCC2CCCC21. The molecule has 3 nitrogen and oxygen atoms in total. The van der Waals surface area contributed by atoms with E-state index in [-0.39, 0.29) is 6.04 Å². The highest BCUT2D eigenvalue weighted by Crippen LogP contribution is 2.41. The van der Waals surface area contributed by atoms with Gasteiger partial charge in [0.1, 0.15) is 0 Å². The Hall–Kier alpha value is -0.930. The number of nitrogens with two attached hydrogens (primary N) is 1.